The molecule has 0 radical (unpaired) electrons. The average molecular weight is 349 g/mol. The Bertz CT molecular complexity index is 976. The van der Waals surface area contributed by atoms with E-state index in [1.54, 1.807) is 18.2 Å². The maximum absolute atomic E-state index is 12.4. The Kier molecular flexibility index (Phi) is 5.00. The molecule has 2 aromatic heterocycles. The largest absolute Gasteiger partial charge is 0.497 e. The monoisotopic (exact) mass is 349 g/mol. The minimum atomic E-state index is -0.437. The number of ether oxygens (including phenoxy) is 2. The van der Waals surface area contributed by atoms with Crippen molar-refractivity contribution >= 4 is 11.6 Å². The van der Waals surface area contributed by atoms with E-state index in [0.717, 1.165) is 0 Å². The van der Waals surface area contributed by atoms with Crippen molar-refractivity contribution in [3.8, 4) is 23.3 Å². The number of amides is 1. The number of benzene rings is 1. The van der Waals surface area contributed by atoms with E-state index < -0.39 is 5.91 Å². The molecule has 0 saturated carbocycles. The van der Waals surface area contributed by atoms with Crippen molar-refractivity contribution in [2.75, 3.05) is 12.4 Å². The van der Waals surface area contributed by atoms with Gasteiger partial charge >= 0.3 is 0 Å². The lowest BCUT2D eigenvalue weighted by Crippen LogP contribution is -2.13. The molecule has 0 aliphatic carbocycles. The van der Waals surface area contributed by atoms with Gasteiger partial charge in [-0.25, -0.2) is 9.97 Å². The van der Waals surface area contributed by atoms with Crippen molar-refractivity contribution in [3.63, 3.8) is 0 Å². The Labute approximate surface area is 150 Å². The molecule has 26 heavy (non-hydrogen) atoms. The number of carbonyl (C=O) groups is 1. The van der Waals surface area contributed by atoms with Crippen LogP contribution in [0.15, 0.2) is 55.2 Å². The lowest BCUT2D eigenvalue weighted by molar-refractivity contribution is 0.102. The highest BCUT2D eigenvalue weighted by molar-refractivity contribution is 6.03. The standard InChI is InChI=1S/C18H13N5O3.H2/c1-25-14-2-3-22-17(7-14)18(24)23-13-4-12(8-19)5-15(6-13)26-16-9-20-11-21-10-16;/h2-7,9-11H,1H3,(H,23,24);1H. The van der Waals surface area contributed by atoms with Crippen molar-refractivity contribution in [1.82, 2.24) is 15.0 Å². The minimum Gasteiger partial charge on any atom is -0.497 e. The molecule has 8 heteroatoms. The van der Waals surface area contributed by atoms with E-state index in [4.69, 9.17) is 9.47 Å². The third-order valence-electron chi connectivity index (χ3n) is 3.27. The fourth-order valence-corrected chi connectivity index (χ4v) is 2.13. The van der Waals surface area contributed by atoms with E-state index in [1.807, 2.05) is 6.07 Å². The van der Waals surface area contributed by atoms with Gasteiger partial charge in [0.1, 0.15) is 23.5 Å². The molecule has 0 spiro atoms. The lowest BCUT2D eigenvalue weighted by atomic mass is 10.2. The van der Waals surface area contributed by atoms with Crippen LogP contribution in [0.5, 0.6) is 17.2 Å². The molecule has 0 aliphatic rings. The molecule has 1 amide bonds. The second kappa shape index (κ2) is 7.72. The predicted molar refractivity (Wildman–Crippen MR) is 94.1 cm³/mol. The Balaban J connectivity index is 0.00000261. The van der Waals surface area contributed by atoms with Crippen LogP contribution in [0.3, 0.4) is 0 Å². The summed E-state index contributed by atoms with van der Waals surface area (Å²) in [6.45, 7) is 0. The Hall–Kier alpha value is -3.99. The molecule has 8 nitrogen and oxygen atoms in total. The Morgan fingerprint density at radius 2 is 1.96 bits per heavy atom. The van der Waals surface area contributed by atoms with Crippen LogP contribution < -0.4 is 14.8 Å². The third-order valence-corrected chi connectivity index (χ3v) is 3.27. The van der Waals surface area contributed by atoms with Crippen molar-refractivity contribution in [2.45, 2.75) is 0 Å². The molecular weight excluding hydrogens is 334 g/mol. The zero-order valence-electron chi connectivity index (χ0n) is 13.7. The van der Waals surface area contributed by atoms with Gasteiger partial charge in [-0.15, -0.1) is 0 Å². The summed E-state index contributed by atoms with van der Waals surface area (Å²) in [4.78, 5) is 24.1. The van der Waals surface area contributed by atoms with Crippen LogP contribution in [-0.2, 0) is 0 Å². The summed E-state index contributed by atoms with van der Waals surface area (Å²) >= 11 is 0. The fourth-order valence-electron chi connectivity index (χ4n) is 2.13. The highest BCUT2D eigenvalue weighted by atomic mass is 16.5. The molecule has 3 aromatic rings. The summed E-state index contributed by atoms with van der Waals surface area (Å²) < 4.78 is 10.7. The molecule has 0 unspecified atom stereocenters. The molecule has 130 valence electrons. The number of methoxy groups -OCH3 is 1. The van der Waals surface area contributed by atoms with Crippen molar-refractivity contribution in [1.29, 1.82) is 5.26 Å². The molecule has 1 aromatic carbocycles. The first-order valence-corrected chi connectivity index (χ1v) is 7.47. The van der Waals surface area contributed by atoms with Gasteiger partial charge in [-0.2, -0.15) is 5.26 Å². The Morgan fingerprint density at radius 1 is 1.15 bits per heavy atom. The van der Waals surface area contributed by atoms with Gasteiger partial charge in [0.2, 0.25) is 0 Å². The van der Waals surface area contributed by atoms with Gasteiger partial charge in [-0.3, -0.25) is 9.78 Å². The van der Waals surface area contributed by atoms with Crippen molar-refractivity contribution in [3.05, 3.63) is 66.5 Å². The number of hydrogen-bond donors (Lipinski definition) is 1. The van der Waals surface area contributed by atoms with E-state index in [1.165, 1.54) is 44.2 Å². The van der Waals surface area contributed by atoms with Gasteiger partial charge in [0.15, 0.2) is 5.75 Å². The fraction of sp³-hybridized carbons (Fsp3) is 0.0556. The third kappa shape index (κ3) is 4.10. The van der Waals surface area contributed by atoms with Crippen LogP contribution >= 0.6 is 0 Å². The zero-order chi connectivity index (χ0) is 18.4. The van der Waals surface area contributed by atoms with Crippen LogP contribution in [0.2, 0.25) is 0 Å². The Morgan fingerprint density at radius 3 is 2.69 bits per heavy atom. The normalized spacial score (nSPS) is 9.85. The SMILES string of the molecule is COc1ccnc(C(=O)Nc2cc(C#N)cc(Oc3cncnc3)c2)c1.[HH]. The number of nitrogens with one attached hydrogen (secondary N) is 1. The molecule has 1 N–H and O–H groups in total. The van der Waals surface area contributed by atoms with Gasteiger partial charge in [-0.05, 0) is 18.2 Å². The van der Waals surface area contributed by atoms with Crippen LogP contribution in [0.1, 0.15) is 17.5 Å². The van der Waals surface area contributed by atoms with Crippen LogP contribution in [0, 0.1) is 11.3 Å². The first-order valence-electron chi connectivity index (χ1n) is 7.47. The maximum atomic E-state index is 12.4. The number of aromatic nitrogens is 3. The number of pyridine rings is 1. The average Bonchev–Trinajstić information content (AvgIpc) is 2.68. The highest BCUT2D eigenvalue weighted by Crippen LogP contribution is 2.25. The molecular formula is C18H15N5O3. The van der Waals surface area contributed by atoms with Crippen LogP contribution in [0.4, 0.5) is 5.69 Å². The maximum Gasteiger partial charge on any atom is 0.274 e. The molecule has 2 heterocycles. The van der Waals surface area contributed by atoms with Crippen molar-refractivity contribution in [2.24, 2.45) is 0 Å². The summed E-state index contributed by atoms with van der Waals surface area (Å²) in [5, 5.41) is 11.9. The van der Waals surface area contributed by atoms with Gasteiger partial charge in [0, 0.05) is 25.4 Å². The zero-order valence-corrected chi connectivity index (χ0v) is 13.7. The summed E-state index contributed by atoms with van der Waals surface area (Å²) in [6.07, 6.45) is 5.84. The number of carbonyl (C=O) groups excluding carboxylic acids is 1. The van der Waals surface area contributed by atoms with E-state index >= 15 is 0 Å². The number of rotatable bonds is 5. The second-order valence-corrected chi connectivity index (χ2v) is 5.07. The molecule has 0 bridgehead atoms. The van der Waals surface area contributed by atoms with E-state index in [2.05, 4.69) is 20.3 Å². The summed E-state index contributed by atoms with van der Waals surface area (Å²) in [7, 11) is 1.50. The number of anilines is 1. The van der Waals surface area contributed by atoms with Gasteiger partial charge in [0.25, 0.3) is 5.91 Å². The van der Waals surface area contributed by atoms with Crippen molar-refractivity contribution < 1.29 is 15.7 Å². The first kappa shape index (κ1) is 16.9. The second-order valence-electron chi connectivity index (χ2n) is 5.07. The summed E-state index contributed by atoms with van der Waals surface area (Å²) in [6, 6.07) is 9.85. The summed E-state index contributed by atoms with van der Waals surface area (Å²) in [5.41, 5.74) is 0.907. The number of nitriles is 1. The van der Waals surface area contributed by atoms with Gasteiger partial charge in [0.05, 0.1) is 31.1 Å². The quantitative estimate of drug-likeness (QED) is 0.753. The van der Waals surface area contributed by atoms with Gasteiger partial charge < -0.3 is 14.8 Å². The molecule has 3 rings (SSSR count). The van der Waals surface area contributed by atoms with E-state index in [0.29, 0.717) is 28.5 Å². The topological polar surface area (TPSA) is 110 Å². The number of hydrogen-bond acceptors (Lipinski definition) is 7. The van der Waals surface area contributed by atoms with E-state index in [9.17, 15) is 10.1 Å². The first-order chi connectivity index (χ1) is 12.7. The van der Waals surface area contributed by atoms with Gasteiger partial charge in [-0.1, -0.05) is 0 Å². The molecule has 0 saturated heterocycles. The number of nitrogens with zero attached hydrogens (tertiary/aromatic N) is 4. The predicted octanol–water partition coefficient (Wildman–Crippen LogP) is 3.04. The van der Waals surface area contributed by atoms with Crippen LogP contribution in [0.25, 0.3) is 0 Å². The lowest BCUT2D eigenvalue weighted by Gasteiger charge is -2.10. The molecule has 0 atom stereocenters. The molecule has 0 fully saturated rings. The highest BCUT2D eigenvalue weighted by Gasteiger charge is 2.11. The van der Waals surface area contributed by atoms with E-state index in [-0.39, 0.29) is 7.12 Å². The smallest absolute Gasteiger partial charge is 0.274 e. The minimum absolute atomic E-state index is 0. The van der Waals surface area contributed by atoms with Crippen LogP contribution in [-0.4, -0.2) is 28.0 Å². The summed E-state index contributed by atoms with van der Waals surface area (Å²) in [5.74, 6) is 0.860. The molecule has 0 aliphatic heterocycles.